The number of hydrogen-bond donors (Lipinski definition) is 1. The van der Waals surface area contributed by atoms with Gasteiger partial charge in [0.2, 0.25) is 0 Å². The van der Waals surface area contributed by atoms with Gasteiger partial charge in [0, 0.05) is 9.79 Å². The molecule has 0 aromatic heterocycles. The van der Waals surface area contributed by atoms with Gasteiger partial charge in [-0.2, -0.15) is 0 Å². The molecule has 0 aliphatic heterocycles. The molecule has 0 bridgehead atoms. The van der Waals surface area contributed by atoms with Gasteiger partial charge in [-0.25, -0.2) is 4.79 Å². The summed E-state index contributed by atoms with van der Waals surface area (Å²) in [6.45, 7) is 3.82. The maximum absolute atomic E-state index is 11.3. The lowest BCUT2D eigenvalue weighted by Gasteiger charge is -2.10. The van der Waals surface area contributed by atoms with Crippen LogP contribution in [0.1, 0.15) is 21.5 Å². The molecule has 0 heterocycles. The Morgan fingerprint density at radius 1 is 1.11 bits per heavy atom. The average Bonchev–Trinajstić information content (AvgIpc) is 2.28. The van der Waals surface area contributed by atoms with Crippen LogP contribution < -0.4 is 0 Å². The summed E-state index contributed by atoms with van der Waals surface area (Å²) < 4.78 is 0. The van der Waals surface area contributed by atoms with E-state index in [2.05, 4.69) is 0 Å². The Morgan fingerprint density at radius 3 is 2.39 bits per heavy atom. The van der Waals surface area contributed by atoms with E-state index >= 15 is 0 Å². The fourth-order valence-electron chi connectivity index (χ4n) is 1.90. The van der Waals surface area contributed by atoms with Gasteiger partial charge in [0.1, 0.15) is 0 Å². The number of rotatable bonds is 3. The summed E-state index contributed by atoms with van der Waals surface area (Å²) in [7, 11) is 0. The molecule has 0 atom stereocenters. The van der Waals surface area contributed by atoms with Crippen molar-refractivity contribution in [2.24, 2.45) is 0 Å². The first-order valence-corrected chi connectivity index (χ1v) is 6.47. The van der Waals surface area contributed by atoms with Crippen molar-refractivity contribution in [2.45, 2.75) is 23.6 Å². The molecule has 0 aliphatic carbocycles. The van der Waals surface area contributed by atoms with Gasteiger partial charge in [-0.3, -0.25) is 0 Å². The monoisotopic (exact) mass is 258 g/mol. The van der Waals surface area contributed by atoms with Crippen LogP contribution in [0.15, 0.2) is 52.3 Å². The third-order valence-corrected chi connectivity index (χ3v) is 3.68. The van der Waals surface area contributed by atoms with Crippen LogP contribution in [-0.4, -0.2) is 11.1 Å². The quantitative estimate of drug-likeness (QED) is 0.898. The molecule has 0 unspecified atom stereocenters. The highest BCUT2D eigenvalue weighted by Gasteiger charge is 2.14. The zero-order chi connectivity index (χ0) is 13.1. The van der Waals surface area contributed by atoms with E-state index in [1.165, 1.54) is 11.8 Å². The summed E-state index contributed by atoms with van der Waals surface area (Å²) >= 11 is 1.49. The number of carbonyl (C=O) groups is 1. The third-order valence-electron chi connectivity index (χ3n) is 2.63. The minimum absolute atomic E-state index is 0.398. The molecular weight excluding hydrogens is 244 g/mol. The van der Waals surface area contributed by atoms with Crippen molar-refractivity contribution < 1.29 is 9.90 Å². The predicted molar refractivity (Wildman–Crippen MR) is 73.4 cm³/mol. The van der Waals surface area contributed by atoms with E-state index in [0.29, 0.717) is 5.56 Å². The van der Waals surface area contributed by atoms with Gasteiger partial charge in [0.25, 0.3) is 0 Å². The Kier molecular flexibility index (Phi) is 3.72. The van der Waals surface area contributed by atoms with Crippen LogP contribution in [0.3, 0.4) is 0 Å². The molecule has 0 saturated heterocycles. The summed E-state index contributed by atoms with van der Waals surface area (Å²) in [5.41, 5.74) is 2.28. The molecule has 0 saturated carbocycles. The van der Waals surface area contributed by atoms with Crippen molar-refractivity contribution in [3.05, 3.63) is 59.2 Å². The largest absolute Gasteiger partial charge is 0.478 e. The second-order valence-electron chi connectivity index (χ2n) is 4.18. The molecule has 3 heteroatoms. The zero-order valence-corrected chi connectivity index (χ0v) is 11.1. The lowest BCUT2D eigenvalue weighted by atomic mass is 10.1. The van der Waals surface area contributed by atoms with Crippen molar-refractivity contribution in [2.75, 3.05) is 0 Å². The molecule has 92 valence electrons. The maximum atomic E-state index is 11.3. The summed E-state index contributed by atoms with van der Waals surface area (Å²) in [5.74, 6) is -0.870. The van der Waals surface area contributed by atoms with Gasteiger partial charge in [0.15, 0.2) is 0 Å². The third kappa shape index (κ3) is 2.74. The van der Waals surface area contributed by atoms with Gasteiger partial charge in [-0.05, 0) is 43.2 Å². The average molecular weight is 258 g/mol. The van der Waals surface area contributed by atoms with Gasteiger partial charge < -0.3 is 5.11 Å². The lowest BCUT2D eigenvalue weighted by molar-refractivity contribution is 0.0692. The molecule has 0 aliphatic rings. The first-order valence-electron chi connectivity index (χ1n) is 5.65. The number of benzene rings is 2. The molecule has 0 spiro atoms. The van der Waals surface area contributed by atoms with Crippen molar-refractivity contribution in [3.63, 3.8) is 0 Å². The first-order chi connectivity index (χ1) is 8.58. The highest BCUT2D eigenvalue weighted by Crippen LogP contribution is 2.32. The van der Waals surface area contributed by atoms with E-state index < -0.39 is 5.97 Å². The van der Waals surface area contributed by atoms with Crippen molar-refractivity contribution in [1.29, 1.82) is 0 Å². The lowest BCUT2D eigenvalue weighted by Crippen LogP contribution is -2.02. The fourth-order valence-corrected chi connectivity index (χ4v) is 3.04. The molecule has 2 aromatic carbocycles. The minimum atomic E-state index is -0.870. The maximum Gasteiger partial charge on any atom is 0.337 e. The normalized spacial score (nSPS) is 10.3. The Labute approximate surface area is 111 Å². The van der Waals surface area contributed by atoms with Gasteiger partial charge in [-0.15, -0.1) is 0 Å². The molecule has 0 fully saturated rings. The second-order valence-corrected chi connectivity index (χ2v) is 5.29. The van der Waals surface area contributed by atoms with Crippen LogP contribution >= 0.6 is 11.8 Å². The summed E-state index contributed by atoms with van der Waals surface area (Å²) in [4.78, 5) is 13.2. The number of carboxylic acids is 1. The molecule has 18 heavy (non-hydrogen) atoms. The molecule has 2 nitrogen and oxygen atoms in total. The van der Waals surface area contributed by atoms with Crippen LogP contribution in [0.5, 0.6) is 0 Å². The molecule has 2 rings (SSSR count). The standard InChI is InChI=1S/C15H14O2S/c1-10-8-11(2)14(15(16)17)13(9-10)18-12-6-4-3-5-7-12/h3-9H,1-2H3,(H,16,17). The highest BCUT2D eigenvalue weighted by molar-refractivity contribution is 7.99. The minimum Gasteiger partial charge on any atom is -0.478 e. The highest BCUT2D eigenvalue weighted by atomic mass is 32.2. The van der Waals surface area contributed by atoms with E-state index in [1.807, 2.05) is 56.3 Å². The van der Waals surface area contributed by atoms with Gasteiger partial charge >= 0.3 is 5.97 Å². The molecule has 1 N–H and O–H groups in total. The number of aryl methyl sites for hydroxylation is 2. The Morgan fingerprint density at radius 2 is 1.78 bits per heavy atom. The fraction of sp³-hybridized carbons (Fsp3) is 0.133. The van der Waals surface area contributed by atoms with Crippen LogP contribution in [0, 0.1) is 13.8 Å². The smallest absolute Gasteiger partial charge is 0.337 e. The molecule has 0 radical (unpaired) electrons. The van der Waals surface area contributed by atoms with E-state index in [4.69, 9.17) is 0 Å². The Bertz CT molecular complexity index is 577. The van der Waals surface area contributed by atoms with E-state index in [-0.39, 0.29) is 0 Å². The number of carboxylic acid groups (broad SMARTS) is 1. The Hall–Kier alpha value is -1.74. The second kappa shape index (κ2) is 5.27. The van der Waals surface area contributed by atoms with Gasteiger partial charge in [-0.1, -0.05) is 36.0 Å². The zero-order valence-electron chi connectivity index (χ0n) is 10.3. The van der Waals surface area contributed by atoms with Crippen molar-refractivity contribution in [3.8, 4) is 0 Å². The van der Waals surface area contributed by atoms with Crippen molar-refractivity contribution in [1.82, 2.24) is 0 Å². The SMILES string of the molecule is Cc1cc(C)c(C(=O)O)c(Sc2ccccc2)c1. The summed E-state index contributed by atoms with van der Waals surface area (Å²) in [6, 6.07) is 13.6. The topological polar surface area (TPSA) is 37.3 Å². The first kappa shape index (κ1) is 12.7. The van der Waals surface area contributed by atoms with Crippen molar-refractivity contribution >= 4 is 17.7 Å². The van der Waals surface area contributed by atoms with E-state index in [0.717, 1.165) is 20.9 Å². The van der Waals surface area contributed by atoms with Crippen LogP contribution in [0.25, 0.3) is 0 Å². The van der Waals surface area contributed by atoms with Crippen LogP contribution in [0.4, 0.5) is 0 Å². The molecule has 0 amide bonds. The Balaban J connectivity index is 2.46. The van der Waals surface area contributed by atoms with E-state index in [1.54, 1.807) is 0 Å². The number of aromatic carboxylic acids is 1. The van der Waals surface area contributed by atoms with Crippen LogP contribution in [0.2, 0.25) is 0 Å². The number of hydrogen-bond acceptors (Lipinski definition) is 2. The predicted octanol–water partition coefficient (Wildman–Crippen LogP) is 4.15. The van der Waals surface area contributed by atoms with Crippen LogP contribution in [-0.2, 0) is 0 Å². The molecular formula is C15H14O2S. The summed E-state index contributed by atoms with van der Waals surface area (Å²) in [5, 5.41) is 9.30. The van der Waals surface area contributed by atoms with Gasteiger partial charge in [0.05, 0.1) is 5.56 Å². The molecule has 2 aromatic rings. The van der Waals surface area contributed by atoms with E-state index in [9.17, 15) is 9.90 Å². The summed E-state index contributed by atoms with van der Waals surface area (Å²) in [6.07, 6.45) is 0.